The van der Waals surface area contributed by atoms with Gasteiger partial charge in [0.15, 0.2) is 0 Å². The number of amides is 3. The third-order valence-corrected chi connectivity index (χ3v) is 3.66. The van der Waals surface area contributed by atoms with Gasteiger partial charge in [0.05, 0.1) is 0 Å². The van der Waals surface area contributed by atoms with Crippen molar-refractivity contribution in [3.8, 4) is 0 Å². The fraction of sp³-hybridized carbons (Fsp3) is 0.636. The molecule has 0 spiro atoms. The number of urea groups is 1. The number of nitrogens with one attached hydrogen (secondary N) is 1. The Bertz CT molecular complexity index is 337. The Hall–Kier alpha value is -1.32. The number of hydrogen-bond donors (Lipinski definition) is 1. The van der Waals surface area contributed by atoms with Gasteiger partial charge in [-0.1, -0.05) is 12.2 Å². The Morgan fingerprint density at radius 2 is 2.27 bits per heavy atom. The molecule has 4 heteroatoms. The Balaban J connectivity index is 2.31. The van der Waals surface area contributed by atoms with E-state index >= 15 is 0 Å². The molecule has 2 unspecified atom stereocenters. The van der Waals surface area contributed by atoms with Crippen molar-refractivity contribution in [1.29, 1.82) is 0 Å². The minimum absolute atomic E-state index is 0.141. The number of rotatable bonds is 1. The molecular formula is C11H16N2O2. The lowest BCUT2D eigenvalue weighted by Gasteiger charge is -2.36. The summed E-state index contributed by atoms with van der Waals surface area (Å²) >= 11 is 0. The van der Waals surface area contributed by atoms with Crippen LogP contribution >= 0.6 is 0 Å². The molecule has 0 bridgehead atoms. The number of carbonyl (C=O) groups is 2. The molecule has 82 valence electrons. The third kappa shape index (κ3) is 1.35. The lowest BCUT2D eigenvalue weighted by molar-refractivity contribution is -0.127. The smallest absolute Gasteiger partial charge is 0.312 e. The number of likely N-dealkylation sites (N-methyl/N-ethyl adjacent to an activating group) is 1. The maximum Gasteiger partial charge on any atom is 0.324 e. The van der Waals surface area contributed by atoms with E-state index < -0.39 is 5.54 Å². The highest BCUT2D eigenvalue weighted by atomic mass is 16.2. The molecule has 0 aromatic carbocycles. The maximum atomic E-state index is 11.8. The fourth-order valence-electron chi connectivity index (χ4n) is 2.37. The average Bonchev–Trinajstić information content (AvgIpc) is 2.45. The Morgan fingerprint density at radius 1 is 1.53 bits per heavy atom. The van der Waals surface area contributed by atoms with Crippen LogP contribution in [0.15, 0.2) is 12.2 Å². The van der Waals surface area contributed by atoms with Crippen molar-refractivity contribution in [1.82, 2.24) is 10.2 Å². The molecule has 15 heavy (non-hydrogen) atoms. The molecule has 0 aromatic rings. The molecule has 0 aromatic heterocycles. The summed E-state index contributed by atoms with van der Waals surface area (Å²) in [5.74, 6) is -0.0331. The van der Waals surface area contributed by atoms with Gasteiger partial charge in [-0.2, -0.15) is 0 Å². The van der Waals surface area contributed by atoms with Crippen LogP contribution in [0.4, 0.5) is 4.79 Å². The summed E-state index contributed by atoms with van der Waals surface area (Å²) in [5.41, 5.74) is -0.700. The summed E-state index contributed by atoms with van der Waals surface area (Å²) in [5, 5.41) is 2.37. The lowest BCUT2D eigenvalue weighted by Crippen LogP contribution is -2.50. The van der Waals surface area contributed by atoms with E-state index in [4.69, 9.17) is 0 Å². The predicted molar refractivity (Wildman–Crippen MR) is 56.2 cm³/mol. The number of nitrogens with zero attached hydrogens (tertiary/aromatic N) is 1. The number of hydrogen-bond acceptors (Lipinski definition) is 2. The van der Waals surface area contributed by atoms with Crippen molar-refractivity contribution < 1.29 is 9.59 Å². The van der Waals surface area contributed by atoms with Gasteiger partial charge >= 0.3 is 6.03 Å². The van der Waals surface area contributed by atoms with Crippen LogP contribution in [0.5, 0.6) is 0 Å². The van der Waals surface area contributed by atoms with E-state index in [-0.39, 0.29) is 17.9 Å². The Labute approximate surface area is 89.3 Å². The van der Waals surface area contributed by atoms with Gasteiger partial charge in [-0.25, -0.2) is 4.79 Å². The molecule has 2 aliphatic rings. The van der Waals surface area contributed by atoms with Gasteiger partial charge in [0.1, 0.15) is 5.54 Å². The molecule has 1 N–H and O–H groups in total. The maximum absolute atomic E-state index is 11.8. The molecule has 0 radical (unpaired) electrons. The van der Waals surface area contributed by atoms with Crippen LogP contribution in [0.25, 0.3) is 0 Å². The lowest BCUT2D eigenvalue weighted by atomic mass is 9.78. The van der Waals surface area contributed by atoms with Gasteiger partial charge < -0.3 is 4.90 Å². The number of carbonyl (C=O) groups excluding carboxylic acids is 2. The molecular weight excluding hydrogens is 192 g/mol. The van der Waals surface area contributed by atoms with E-state index in [1.165, 1.54) is 4.90 Å². The molecule has 2 atom stereocenters. The Morgan fingerprint density at radius 3 is 2.73 bits per heavy atom. The average molecular weight is 208 g/mol. The molecule has 1 heterocycles. The summed E-state index contributed by atoms with van der Waals surface area (Å²) in [6, 6.07) is -0.290. The first kappa shape index (κ1) is 10.2. The monoisotopic (exact) mass is 208 g/mol. The van der Waals surface area contributed by atoms with E-state index in [1.807, 2.05) is 6.92 Å². The summed E-state index contributed by atoms with van der Waals surface area (Å²) < 4.78 is 0. The van der Waals surface area contributed by atoms with Crippen molar-refractivity contribution in [2.75, 3.05) is 7.05 Å². The highest BCUT2D eigenvalue weighted by molar-refractivity contribution is 6.06. The molecule has 1 aliphatic carbocycles. The van der Waals surface area contributed by atoms with E-state index in [0.717, 1.165) is 19.3 Å². The topological polar surface area (TPSA) is 49.4 Å². The molecule has 1 fully saturated rings. The van der Waals surface area contributed by atoms with Crippen molar-refractivity contribution >= 4 is 11.9 Å². The normalized spacial score (nSPS) is 35.9. The minimum Gasteiger partial charge on any atom is -0.312 e. The van der Waals surface area contributed by atoms with Crippen LogP contribution < -0.4 is 5.32 Å². The van der Waals surface area contributed by atoms with Crippen LogP contribution in [-0.2, 0) is 4.79 Å². The second-order valence-electron chi connectivity index (χ2n) is 4.43. The van der Waals surface area contributed by atoms with Crippen molar-refractivity contribution in [2.45, 2.75) is 31.7 Å². The first-order chi connectivity index (χ1) is 7.06. The van der Waals surface area contributed by atoms with Gasteiger partial charge in [0.2, 0.25) is 0 Å². The Kier molecular flexibility index (Phi) is 2.29. The molecule has 4 nitrogen and oxygen atoms in total. The summed E-state index contributed by atoms with van der Waals surface area (Å²) in [7, 11) is 1.68. The number of imide groups is 1. The molecule has 2 rings (SSSR count). The predicted octanol–water partition coefficient (Wildman–Crippen LogP) is 1.28. The summed E-state index contributed by atoms with van der Waals surface area (Å²) in [4.78, 5) is 24.7. The van der Waals surface area contributed by atoms with E-state index in [2.05, 4.69) is 17.5 Å². The van der Waals surface area contributed by atoms with Crippen molar-refractivity contribution in [3.05, 3.63) is 12.2 Å². The van der Waals surface area contributed by atoms with Gasteiger partial charge in [0, 0.05) is 13.0 Å². The van der Waals surface area contributed by atoms with Gasteiger partial charge in [-0.3, -0.25) is 10.1 Å². The van der Waals surface area contributed by atoms with Crippen molar-refractivity contribution in [2.24, 2.45) is 5.92 Å². The highest BCUT2D eigenvalue weighted by Gasteiger charge is 2.51. The van der Waals surface area contributed by atoms with Crippen LogP contribution in [0.1, 0.15) is 26.2 Å². The first-order valence-corrected chi connectivity index (χ1v) is 5.32. The number of allylic oxidation sites excluding steroid dienone is 1. The van der Waals surface area contributed by atoms with Gasteiger partial charge in [-0.05, 0) is 26.2 Å². The van der Waals surface area contributed by atoms with Gasteiger partial charge in [-0.15, -0.1) is 0 Å². The third-order valence-electron chi connectivity index (χ3n) is 3.66. The second-order valence-corrected chi connectivity index (χ2v) is 4.43. The zero-order valence-corrected chi connectivity index (χ0v) is 9.12. The minimum atomic E-state index is -0.700. The summed E-state index contributed by atoms with van der Waals surface area (Å²) in [6.45, 7) is 1.84. The van der Waals surface area contributed by atoms with Crippen LogP contribution in [0.2, 0.25) is 0 Å². The van der Waals surface area contributed by atoms with E-state index in [0.29, 0.717) is 0 Å². The fourth-order valence-corrected chi connectivity index (χ4v) is 2.37. The van der Waals surface area contributed by atoms with E-state index in [9.17, 15) is 9.59 Å². The first-order valence-electron chi connectivity index (χ1n) is 5.32. The molecule has 1 saturated heterocycles. The zero-order chi connectivity index (χ0) is 11.1. The van der Waals surface area contributed by atoms with Crippen molar-refractivity contribution in [3.63, 3.8) is 0 Å². The molecule has 0 saturated carbocycles. The van der Waals surface area contributed by atoms with Crippen LogP contribution in [-0.4, -0.2) is 29.4 Å². The quantitative estimate of drug-likeness (QED) is 0.521. The SMILES string of the molecule is CN1C(=O)NC(=O)C1(C)C1C=CCCC1. The zero-order valence-electron chi connectivity index (χ0n) is 9.12. The summed E-state index contributed by atoms with van der Waals surface area (Å²) in [6.07, 6.45) is 7.30. The van der Waals surface area contributed by atoms with Crippen LogP contribution in [0, 0.1) is 5.92 Å². The van der Waals surface area contributed by atoms with Crippen LogP contribution in [0.3, 0.4) is 0 Å². The van der Waals surface area contributed by atoms with E-state index in [1.54, 1.807) is 7.05 Å². The molecule has 1 aliphatic heterocycles. The standard InChI is InChI=1S/C11H16N2O2/c1-11(8-6-4-3-5-7-8)9(14)12-10(15)13(11)2/h4,6,8H,3,5,7H2,1-2H3,(H,12,14,15). The largest absolute Gasteiger partial charge is 0.324 e. The second kappa shape index (κ2) is 3.36. The highest BCUT2D eigenvalue weighted by Crippen LogP contribution is 2.34. The molecule has 3 amide bonds. The van der Waals surface area contributed by atoms with Gasteiger partial charge in [0.25, 0.3) is 5.91 Å².